The highest BCUT2D eigenvalue weighted by molar-refractivity contribution is 5.84. The highest BCUT2D eigenvalue weighted by Gasteiger charge is 2.29. The number of benzene rings is 1. The van der Waals surface area contributed by atoms with Crippen molar-refractivity contribution in [3.63, 3.8) is 0 Å². The highest BCUT2D eigenvalue weighted by atomic mass is 16.6. The molecule has 1 heterocycles. The molecule has 0 bridgehead atoms. The van der Waals surface area contributed by atoms with Gasteiger partial charge >= 0.3 is 0 Å². The van der Waals surface area contributed by atoms with Crippen molar-refractivity contribution in [1.82, 2.24) is 0 Å². The zero-order valence-corrected chi connectivity index (χ0v) is 10.4. The van der Waals surface area contributed by atoms with E-state index in [0.29, 0.717) is 24.7 Å². The first-order chi connectivity index (χ1) is 8.83. The lowest BCUT2D eigenvalue weighted by Crippen LogP contribution is -2.37. The van der Waals surface area contributed by atoms with E-state index in [1.54, 1.807) is 0 Å². The van der Waals surface area contributed by atoms with Crippen LogP contribution in [0, 0.1) is 5.92 Å². The largest absolute Gasteiger partial charge is 0.485 e. The summed E-state index contributed by atoms with van der Waals surface area (Å²) < 4.78 is 11.3. The van der Waals surface area contributed by atoms with Gasteiger partial charge in [0.15, 0.2) is 23.4 Å². The van der Waals surface area contributed by atoms with Crippen molar-refractivity contribution in [2.75, 3.05) is 6.61 Å². The summed E-state index contributed by atoms with van der Waals surface area (Å²) >= 11 is 0. The fourth-order valence-corrected chi connectivity index (χ4v) is 2.81. The van der Waals surface area contributed by atoms with Crippen LogP contribution in [0.1, 0.15) is 32.1 Å². The molecule has 1 aliphatic carbocycles. The average Bonchev–Trinajstić information content (AvgIpc) is 2.91. The number of ketones is 1. The predicted molar refractivity (Wildman–Crippen MR) is 67.9 cm³/mol. The van der Waals surface area contributed by atoms with Gasteiger partial charge in [-0.2, -0.15) is 0 Å². The molecule has 1 saturated carbocycles. The second-order valence-electron chi connectivity index (χ2n) is 5.19. The summed E-state index contributed by atoms with van der Waals surface area (Å²) in [5.41, 5.74) is 0. The lowest BCUT2D eigenvalue weighted by molar-refractivity contribution is -0.129. The van der Waals surface area contributed by atoms with E-state index < -0.39 is 6.10 Å². The van der Waals surface area contributed by atoms with E-state index >= 15 is 0 Å². The van der Waals surface area contributed by atoms with Crippen molar-refractivity contribution in [3.05, 3.63) is 24.3 Å². The van der Waals surface area contributed by atoms with E-state index in [1.807, 2.05) is 24.3 Å². The predicted octanol–water partition coefficient (Wildman–Crippen LogP) is 2.98. The van der Waals surface area contributed by atoms with Crippen LogP contribution < -0.4 is 9.47 Å². The molecule has 3 nitrogen and oxygen atoms in total. The molecule has 1 aliphatic heterocycles. The minimum absolute atomic E-state index is 0.191. The van der Waals surface area contributed by atoms with Crippen molar-refractivity contribution in [1.29, 1.82) is 0 Å². The molecule has 1 aromatic carbocycles. The van der Waals surface area contributed by atoms with E-state index in [1.165, 1.54) is 25.7 Å². The summed E-state index contributed by atoms with van der Waals surface area (Å²) in [7, 11) is 0. The van der Waals surface area contributed by atoms with Crippen LogP contribution in [0.4, 0.5) is 0 Å². The molecule has 0 aromatic heterocycles. The van der Waals surface area contributed by atoms with Crippen LogP contribution in [-0.2, 0) is 4.79 Å². The van der Waals surface area contributed by atoms with Gasteiger partial charge in [0.2, 0.25) is 0 Å². The lowest BCUT2D eigenvalue weighted by atomic mass is 9.98. The zero-order valence-electron chi connectivity index (χ0n) is 10.4. The minimum Gasteiger partial charge on any atom is -0.485 e. The maximum atomic E-state index is 12.2. The molecule has 96 valence electrons. The lowest BCUT2D eigenvalue weighted by Gasteiger charge is -2.26. The van der Waals surface area contributed by atoms with Gasteiger partial charge in [0.25, 0.3) is 0 Å². The maximum Gasteiger partial charge on any atom is 0.190 e. The summed E-state index contributed by atoms with van der Waals surface area (Å²) in [5, 5.41) is 0. The van der Waals surface area contributed by atoms with Gasteiger partial charge in [-0.3, -0.25) is 4.79 Å². The summed E-state index contributed by atoms with van der Waals surface area (Å²) in [6.45, 7) is 0.350. The zero-order chi connectivity index (χ0) is 12.4. The number of rotatable bonds is 3. The standard InChI is InChI=1S/C15H18O3/c16-12(9-11-5-1-2-6-11)15-10-17-13-7-3-4-8-14(13)18-15/h3-4,7-8,11,15H,1-2,5-6,9-10H2. The summed E-state index contributed by atoms with van der Waals surface area (Å²) in [6.07, 6.45) is 5.15. The van der Waals surface area contributed by atoms with Crippen molar-refractivity contribution in [2.45, 2.75) is 38.2 Å². The van der Waals surface area contributed by atoms with Crippen LogP contribution >= 0.6 is 0 Å². The number of hydrogen-bond donors (Lipinski definition) is 0. The Bertz CT molecular complexity index is 435. The quantitative estimate of drug-likeness (QED) is 0.822. The Labute approximate surface area is 107 Å². The highest BCUT2D eigenvalue weighted by Crippen LogP contribution is 2.33. The van der Waals surface area contributed by atoms with E-state index in [2.05, 4.69) is 0 Å². The summed E-state index contributed by atoms with van der Waals surface area (Å²) in [4.78, 5) is 12.2. The van der Waals surface area contributed by atoms with Crippen LogP contribution in [0.5, 0.6) is 11.5 Å². The Kier molecular flexibility index (Phi) is 3.22. The molecule has 0 N–H and O–H groups in total. The first-order valence-corrected chi connectivity index (χ1v) is 6.74. The van der Waals surface area contributed by atoms with Crippen molar-refractivity contribution in [2.24, 2.45) is 5.92 Å². The number of para-hydroxylation sites is 2. The van der Waals surface area contributed by atoms with Gasteiger partial charge in [0.1, 0.15) is 6.61 Å². The molecule has 18 heavy (non-hydrogen) atoms. The Morgan fingerprint density at radius 3 is 2.67 bits per heavy atom. The molecular weight excluding hydrogens is 228 g/mol. The molecule has 1 fully saturated rings. The number of ether oxygens (including phenoxy) is 2. The topological polar surface area (TPSA) is 35.5 Å². The van der Waals surface area contributed by atoms with Crippen LogP contribution in [0.15, 0.2) is 24.3 Å². The van der Waals surface area contributed by atoms with Gasteiger partial charge < -0.3 is 9.47 Å². The van der Waals surface area contributed by atoms with Gasteiger partial charge in [-0.05, 0) is 18.1 Å². The molecule has 0 saturated heterocycles. The Balaban J connectivity index is 1.62. The molecule has 2 aliphatic rings. The van der Waals surface area contributed by atoms with Crippen LogP contribution in [0.3, 0.4) is 0 Å². The molecule has 1 atom stereocenters. The Morgan fingerprint density at radius 2 is 1.89 bits per heavy atom. The van der Waals surface area contributed by atoms with E-state index in [0.717, 1.165) is 5.75 Å². The van der Waals surface area contributed by atoms with Gasteiger partial charge in [-0.15, -0.1) is 0 Å². The second-order valence-corrected chi connectivity index (χ2v) is 5.19. The van der Waals surface area contributed by atoms with Crippen LogP contribution in [0.25, 0.3) is 0 Å². The smallest absolute Gasteiger partial charge is 0.190 e. The maximum absolute atomic E-state index is 12.2. The van der Waals surface area contributed by atoms with Crippen molar-refractivity contribution < 1.29 is 14.3 Å². The van der Waals surface area contributed by atoms with Gasteiger partial charge in [-0.1, -0.05) is 37.8 Å². The van der Waals surface area contributed by atoms with Crippen molar-refractivity contribution in [3.8, 4) is 11.5 Å². The van der Waals surface area contributed by atoms with E-state index in [-0.39, 0.29) is 5.78 Å². The molecule has 0 amide bonds. The normalized spacial score (nSPS) is 23.0. The van der Waals surface area contributed by atoms with Gasteiger partial charge in [0, 0.05) is 6.42 Å². The van der Waals surface area contributed by atoms with Gasteiger partial charge in [-0.25, -0.2) is 0 Å². The first-order valence-electron chi connectivity index (χ1n) is 6.74. The number of fused-ring (bicyclic) bond motifs is 1. The number of hydrogen-bond acceptors (Lipinski definition) is 3. The average molecular weight is 246 g/mol. The fraction of sp³-hybridized carbons (Fsp3) is 0.533. The van der Waals surface area contributed by atoms with E-state index in [4.69, 9.17) is 9.47 Å². The molecule has 3 rings (SSSR count). The first kappa shape index (κ1) is 11.6. The summed E-state index contributed by atoms with van der Waals surface area (Å²) in [5.74, 6) is 2.19. The summed E-state index contributed by atoms with van der Waals surface area (Å²) in [6, 6.07) is 7.52. The Hall–Kier alpha value is -1.51. The van der Waals surface area contributed by atoms with Crippen LogP contribution in [-0.4, -0.2) is 18.5 Å². The molecule has 1 aromatic rings. The number of carbonyl (C=O) groups excluding carboxylic acids is 1. The monoisotopic (exact) mass is 246 g/mol. The third-order valence-corrected chi connectivity index (χ3v) is 3.83. The molecular formula is C15H18O3. The van der Waals surface area contributed by atoms with Crippen LogP contribution in [0.2, 0.25) is 0 Å². The number of Topliss-reactive ketones (excluding diaryl/α,β-unsaturated/α-hetero) is 1. The molecule has 0 radical (unpaired) electrons. The third-order valence-electron chi connectivity index (χ3n) is 3.83. The SMILES string of the molecule is O=C(CC1CCCC1)C1COc2ccccc2O1. The second kappa shape index (κ2) is 5.01. The van der Waals surface area contributed by atoms with E-state index in [9.17, 15) is 4.79 Å². The molecule has 0 spiro atoms. The minimum atomic E-state index is -0.416. The molecule has 1 unspecified atom stereocenters. The molecule has 3 heteroatoms. The third kappa shape index (κ3) is 2.35. The van der Waals surface area contributed by atoms with Gasteiger partial charge in [0.05, 0.1) is 0 Å². The fourth-order valence-electron chi connectivity index (χ4n) is 2.81. The van der Waals surface area contributed by atoms with Crippen molar-refractivity contribution >= 4 is 5.78 Å². The number of carbonyl (C=O) groups is 1. The Morgan fingerprint density at radius 1 is 1.17 bits per heavy atom.